The second-order valence-corrected chi connectivity index (χ2v) is 7.15. The summed E-state index contributed by atoms with van der Waals surface area (Å²) in [5, 5.41) is 8.68. The molecule has 25 heavy (non-hydrogen) atoms. The molecule has 0 unspecified atom stereocenters. The first kappa shape index (κ1) is 24.8. The van der Waals surface area contributed by atoms with Crippen LogP contribution >= 0.6 is 0 Å². The largest absolute Gasteiger partial charge is 1.00 e. The summed E-state index contributed by atoms with van der Waals surface area (Å²) in [6.45, 7) is -0.806. The Morgan fingerprint density at radius 2 is 1.48 bits per heavy atom. The van der Waals surface area contributed by atoms with E-state index in [1.165, 1.54) is 0 Å². The van der Waals surface area contributed by atoms with Gasteiger partial charge in [-0.3, -0.25) is 0 Å². The fourth-order valence-corrected chi connectivity index (χ4v) is 2.87. The van der Waals surface area contributed by atoms with E-state index in [0.717, 1.165) is 30.3 Å². The van der Waals surface area contributed by atoms with E-state index in [9.17, 15) is 30.7 Å². The van der Waals surface area contributed by atoms with Crippen molar-refractivity contribution in [2.24, 2.45) is 0 Å². The second kappa shape index (κ2) is 9.13. The number of hydrogen-bond donors (Lipinski definition) is 1. The third kappa shape index (κ3) is 6.47. The first-order chi connectivity index (χ1) is 10.5. The molecule has 0 saturated heterocycles. The zero-order chi connectivity index (χ0) is 17.4. The van der Waals surface area contributed by atoms with E-state index in [4.69, 9.17) is 9.84 Å². The number of carbonyl (C=O) groups is 1. The summed E-state index contributed by atoms with van der Waals surface area (Å²) in [7, 11) is -9.70. The molecule has 9 nitrogen and oxygen atoms in total. The normalized spacial score (nSPS) is 11.3. The van der Waals surface area contributed by atoms with Gasteiger partial charge in [0.15, 0.2) is 6.61 Å². The van der Waals surface area contributed by atoms with Gasteiger partial charge in [0.2, 0.25) is 0 Å². The summed E-state index contributed by atoms with van der Waals surface area (Å²) in [6, 6.07) is 4.70. The van der Waals surface area contributed by atoms with E-state index in [1.807, 2.05) is 0 Å². The Kier molecular flexibility index (Phi) is 9.05. The Labute approximate surface area is 187 Å². The molecule has 124 valence electrons. The number of benzene rings is 2. The maximum absolute atomic E-state index is 11.1. The van der Waals surface area contributed by atoms with Crippen LogP contribution in [0.4, 0.5) is 0 Å². The molecule has 0 saturated carbocycles. The molecule has 2 rings (SSSR count). The number of carboxylic acid groups (broad SMARTS) is 1. The summed E-state index contributed by atoms with van der Waals surface area (Å²) in [4.78, 5) is 9.18. The fraction of sp³-hybridized carbons (Fsp3) is 0.0833. The quantitative estimate of drug-likeness (QED) is 0.376. The molecule has 0 amide bonds. The summed E-state index contributed by atoms with van der Waals surface area (Å²) in [6.07, 6.45) is 0. The summed E-state index contributed by atoms with van der Waals surface area (Å²) in [5.74, 6) is -1.58. The maximum Gasteiger partial charge on any atom is 1.00 e. The third-order valence-corrected chi connectivity index (χ3v) is 4.43. The number of hydrogen-bond acceptors (Lipinski definition) is 8. The van der Waals surface area contributed by atoms with Gasteiger partial charge >= 0.3 is 65.1 Å². The Balaban J connectivity index is 0.00000288. The Morgan fingerprint density at radius 1 is 0.960 bits per heavy atom. The van der Waals surface area contributed by atoms with Gasteiger partial charge in [0.1, 0.15) is 26.0 Å². The number of aliphatic carboxylic acids is 1. The van der Waals surface area contributed by atoms with Crippen LogP contribution in [-0.2, 0) is 25.0 Å². The van der Waals surface area contributed by atoms with E-state index in [1.54, 1.807) is 0 Å². The van der Waals surface area contributed by atoms with Crippen molar-refractivity contribution in [2.75, 3.05) is 6.61 Å². The van der Waals surface area contributed by atoms with E-state index < -0.39 is 42.6 Å². The van der Waals surface area contributed by atoms with Gasteiger partial charge in [0.25, 0.3) is 0 Å². The van der Waals surface area contributed by atoms with Crippen molar-refractivity contribution in [3.05, 3.63) is 30.3 Å². The molecular weight excluding hydrogens is 398 g/mol. The zero-order valence-electron chi connectivity index (χ0n) is 13.1. The Morgan fingerprint density at radius 3 is 1.96 bits per heavy atom. The van der Waals surface area contributed by atoms with Crippen LogP contribution in [0.1, 0.15) is 0 Å². The minimum absolute atomic E-state index is 0. The average Bonchev–Trinajstić information content (AvgIpc) is 2.41. The fourth-order valence-electron chi connectivity index (χ4n) is 1.85. The standard InChI is InChI=1S/C12H10O9S2.2Na/c13-12(14)6-21-11-5-9(23(18,19)20)4-7-3-8(22(15,16)17)1-2-10(7)11;;/h1-5H,6H2,(H,13,14)(H,15,16,17)(H,18,19,20);;/q;2*+1/p-2. The Hall–Kier alpha value is -0.210. The van der Waals surface area contributed by atoms with Crippen LogP contribution in [-0.4, -0.2) is 43.6 Å². The smallest absolute Gasteiger partial charge is 0.744 e. The maximum atomic E-state index is 11.1. The van der Waals surface area contributed by atoms with Crippen molar-refractivity contribution in [1.82, 2.24) is 0 Å². The first-order valence-electron chi connectivity index (χ1n) is 5.83. The SMILES string of the molecule is O=C(O)COc1cc(S(=O)(=O)[O-])cc2cc(S(=O)(=O)[O-])ccc12.[Na+].[Na+]. The van der Waals surface area contributed by atoms with Crippen LogP contribution in [0, 0.1) is 0 Å². The molecule has 0 aliphatic rings. The molecular formula is C12H8Na2O9S2. The van der Waals surface area contributed by atoms with Crippen LogP contribution in [0.5, 0.6) is 5.75 Å². The molecule has 0 radical (unpaired) electrons. The molecule has 2 aromatic rings. The number of fused-ring (bicyclic) bond motifs is 1. The molecule has 0 aliphatic carbocycles. The minimum atomic E-state index is -4.91. The molecule has 0 aliphatic heterocycles. The van der Waals surface area contributed by atoms with Crippen molar-refractivity contribution in [2.45, 2.75) is 9.79 Å². The third-order valence-electron chi connectivity index (χ3n) is 2.79. The van der Waals surface area contributed by atoms with Crippen molar-refractivity contribution in [3.63, 3.8) is 0 Å². The van der Waals surface area contributed by atoms with Crippen molar-refractivity contribution >= 4 is 37.0 Å². The number of rotatable bonds is 5. The second-order valence-electron chi connectivity index (χ2n) is 4.40. The predicted molar refractivity (Wildman–Crippen MR) is 73.0 cm³/mol. The van der Waals surface area contributed by atoms with Crippen molar-refractivity contribution in [1.29, 1.82) is 0 Å². The molecule has 0 bridgehead atoms. The van der Waals surface area contributed by atoms with Crippen LogP contribution < -0.4 is 63.9 Å². The molecule has 0 aromatic heterocycles. The van der Waals surface area contributed by atoms with Gasteiger partial charge in [-0.15, -0.1) is 0 Å². The predicted octanol–water partition coefficient (Wildman–Crippen LogP) is -5.88. The van der Waals surface area contributed by atoms with Crippen LogP contribution in [0.3, 0.4) is 0 Å². The van der Waals surface area contributed by atoms with Crippen LogP contribution in [0.15, 0.2) is 40.1 Å². The number of ether oxygens (including phenoxy) is 1. The van der Waals surface area contributed by atoms with Gasteiger partial charge < -0.3 is 18.9 Å². The minimum Gasteiger partial charge on any atom is -0.744 e. The van der Waals surface area contributed by atoms with Gasteiger partial charge in [0, 0.05) is 5.39 Å². The van der Waals surface area contributed by atoms with E-state index in [2.05, 4.69) is 0 Å². The van der Waals surface area contributed by atoms with Crippen molar-refractivity contribution < 1.29 is 99.7 Å². The number of carboxylic acids is 1. The van der Waals surface area contributed by atoms with Crippen LogP contribution in [0.25, 0.3) is 10.8 Å². The van der Waals surface area contributed by atoms with Gasteiger partial charge in [-0.2, -0.15) is 0 Å². The molecule has 2 aromatic carbocycles. The zero-order valence-corrected chi connectivity index (χ0v) is 18.8. The summed E-state index contributed by atoms with van der Waals surface area (Å²) >= 11 is 0. The summed E-state index contributed by atoms with van der Waals surface area (Å²) in [5.41, 5.74) is 0. The Bertz CT molecular complexity index is 995. The van der Waals surface area contributed by atoms with E-state index >= 15 is 0 Å². The van der Waals surface area contributed by atoms with Gasteiger partial charge in [-0.25, -0.2) is 21.6 Å². The molecule has 0 atom stereocenters. The van der Waals surface area contributed by atoms with Crippen molar-refractivity contribution in [3.8, 4) is 5.75 Å². The van der Waals surface area contributed by atoms with Gasteiger partial charge in [0.05, 0.1) is 9.79 Å². The van der Waals surface area contributed by atoms with Gasteiger partial charge in [-0.05, 0) is 35.7 Å². The molecule has 0 spiro atoms. The average molecular weight is 406 g/mol. The molecule has 1 N–H and O–H groups in total. The summed E-state index contributed by atoms with van der Waals surface area (Å²) < 4.78 is 71.4. The first-order valence-corrected chi connectivity index (χ1v) is 8.64. The van der Waals surface area contributed by atoms with Gasteiger partial charge in [-0.1, -0.05) is 0 Å². The monoisotopic (exact) mass is 406 g/mol. The molecule has 0 heterocycles. The molecule has 0 fully saturated rings. The van der Waals surface area contributed by atoms with Crippen LogP contribution in [0.2, 0.25) is 0 Å². The van der Waals surface area contributed by atoms with E-state index in [0.29, 0.717) is 0 Å². The molecule has 13 heteroatoms. The topological polar surface area (TPSA) is 161 Å². The van der Waals surface area contributed by atoms with E-state index in [-0.39, 0.29) is 75.6 Å².